The van der Waals surface area contributed by atoms with Gasteiger partial charge in [0.25, 0.3) is 0 Å². The molecule has 1 fully saturated rings. The fourth-order valence-corrected chi connectivity index (χ4v) is 2.45. The summed E-state index contributed by atoms with van der Waals surface area (Å²) in [5.41, 5.74) is 0.976. The number of hydrogen-bond donors (Lipinski definition) is 2. The minimum atomic E-state index is -0.447. The molecule has 3 nitrogen and oxygen atoms in total. The van der Waals surface area contributed by atoms with Crippen molar-refractivity contribution in [2.24, 2.45) is 0 Å². The smallest absolute Gasteiger partial charge is 0.0942 e. The van der Waals surface area contributed by atoms with Gasteiger partial charge >= 0.3 is 0 Å². The van der Waals surface area contributed by atoms with Crippen molar-refractivity contribution in [1.29, 1.82) is 0 Å². The lowest BCUT2D eigenvalue weighted by molar-refractivity contribution is 0.0866. The van der Waals surface area contributed by atoms with Gasteiger partial charge in [0.15, 0.2) is 0 Å². The molecule has 1 aliphatic rings. The van der Waals surface area contributed by atoms with Crippen molar-refractivity contribution >= 4 is 0 Å². The Morgan fingerprint density at radius 1 is 1.39 bits per heavy atom. The lowest BCUT2D eigenvalue weighted by Crippen LogP contribution is -2.39. The molecule has 1 heterocycles. The summed E-state index contributed by atoms with van der Waals surface area (Å²) in [6.07, 6.45) is 3.07. The SMILES string of the molecule is CCC(NCC1CCCO1)C(O)c1ccccc1. The van der Waals surface area contributed by atoms with E-state index in [2.05, 4.69) is 12.2 Å². The molecular formula is C15H23NO2. The predicted octanol–water partition coefficient (Wildman–Crippen LogP) is 2.27. The van der Waals surface area contributed by atoms with E-state index in [1.807, 2.05) is 30.3 Å². The summed E-state index contributed by atoms with van der Waals surface area (Å²) in [4.78, 5) is 0. The van der Waals surface area contributed by atoms with Crippen LogP contribution in [-0.2, 0) is 4.74 Å². The van der Waals surface area contributed by atoms with Gasteiger partial charge in [-0.05, 0) is 24.8 Å². The van der Waals surface area contributed by atoms with Crippen molar-refractivity contribution in [3.05, 3.63) is 35.9 Å². The lowest BCUT2D eigenvalue weighted by atomic mass is 10.00. The van der Waals surface area contributed by atoms with Crippen molar-refractivity contribution in [1.82, 2.24) is 5.32 Å². The average molecular weight is 249 g/mol. The molecule has 3 heteroatoms. The van der Waals surface area contributed by atoms with Crippen LogP contribution in [0.25, 0.3) is 0 Å². The van der Waals surface area contributed by atoms with Crippen LogP contribution in [-0.4, -0.2) is 30.4 Å². The van der Waals surface area contributed by atoms with E-state index in [1.165, 1.54) is 0 Å². The molecule has 0 bridgehead atoms. The van der Waals surface area contributed by atoms with Gasteiger partial charge in [-0.1, -0.05) is 37.3 Å². The maximum atomic E-state index is 10.4. The third-order valence-corrected chi connectivity index (χ3v) is 3.59. The Morgan fingerprint density at radius 3 is 2.78 bits per heavy atom. The van der Waals surface area contributed by atoms with Crippen LogP contribution in [0.2, 0.25) is 0 Å². The molecule has 1 aromatic rings. The molecule has 18 heavy (non-hydrogen) atoms. The molecule has 2 N–H and O–H groups in total. The van der Waals surface area contributed by atoms with Crippen molar-refractivity contribution in [3.63, 3.8) is 0 Å². The van der Waals surface area contributed by atoms with E-state index < -0.39 is 6.10 Å². The highest BCUT2D eigenvalue weighted by molar-refractivity contribution is 5.18. The summed E-state index contributed by atoms with van der Waals surface area (Å²) in [7, 11) is 0. The molecule has 100 valence electrons. The van der Waals surface area contributed by atoms with Crippen LogP contribution in [0.15, 0.2) is 30.3 Å². The summed E-state index contributed by atoms with van der Waals surface area (Å²) in [5.74, 6) is 0. The number of hydrogen-bond acceptors (Lipinski definition) is 3. The van der Waals surface area contributed by atoms with Crippen molar-refractivity contribution in [2.45, 2.75) is 44.4 Å². The standard InChI is InChI=1S/C15H23NO2/c1-2-14(16-11-13-9-6-10-18-13)15(17)12-7-4-3-5-8-12/h3-5,7-8,13-17H,2,6,9-11H2,1H3. The van der Waals surface area contributed by atoms with Crippen LogP contribution in [0.4, 0.5) is 0 Å². The monoisotopic (exact) mass is 249 g/mol. The molecular weight excluding hydrogens is 226 g/mol. The molecule has 3 atom stereocenters. The molecule has 0 saturated carbocycles. The highest BCUT2D eigenvalue weighted by atomic mass is 16.5. The zero-order valence-corrected chi connectivity index (χ0v) is 11.0. The first-order valence-electron chi connectivity index (χ1n) is 6.89. The molecule has 0 aliphatic carbocycles. The van der Waals surface area contributed by atoms with Crippen molar-refractivity contribution < 1.29 is 9.84 Å². The van der Waals surface area contributed by atoms with Gasteiger partial charge in [0.05, 0.1) is 12.2 Å². The van der Waals surface area contributed by atoms with Crippen LogP contribution in [0.1, 0.15) is 37.9 Å². The summed E-state index contributed by atoms with van der Waals surface area (Å²) >= 11 is 0. The van der Waals surface area contributed by atoms with Crippen molar-refractivity contribution in [3.8, 4) is 0 Å². The number of aliphatic hydroxyl groups excluding tert-OH is 1. The first kappa shape index (κ1) is 13.5. The molecule has 0 aromatic heterocycles. The summed E-state index contributed by atoms with van der Waals surface area (Å²) < 4.78 is 5.59. The average Bonchev–Trinajstić information content (AvgIpc) is 2.93. The quantitative estimate of drug-likeness (QED) is 0.812. The molecule has 0 radical (unpaired) electrons. The number of ether oxygens (including phenoxy) is 1. The second-order valence-electron chi connectivity index (χ2n) is 4.91. The Labute approximate surface area is 109 Å². The first-order chi connectivity index (χ1) is 8.81. The van der Waals surface area contributed by atoms with E-state index in [-0.39, 0.29) is 6.04 Å². The van der Waals surface area contributed by atoms with E-state index in [0.29, 0.717) is 6.10 Å². The van der Waals surface area contributed by atoms with E-state index in [1.54, 1.807) is 0 Å². The van der Waals surface area contributed by atoms with E-state index in [4.69, 9.17) is 4.74 Å². The lowest BCUT2D eigenvalue weighted by Gasteiger charge is -2.24. The molecule has 0 spiro atoms. The number of rotatable bonds is 6. The topological polar surface area (TPSA) is 41.5 Å². The second kappa shape index (κ2) is 6.88. The van der Waals surface area contributed by atoms with E-state index in [0.717, 1.165) is 38.0 Å². The van der Waals surface area contributed by atoms with Gasteiger partial charge in [-0.3, -0.25) is 0 Å². The van der Waals surface area contributed by atoms with Gasteiger partial charge in [0.1, 0.15) is 0 Å². The predicted molar refractivity (Wildman–Crippen MR) is 72.5 cm³/mol. The highest BCUT2D eigenvalue weighted by Crippen LogP contribution is 2.19. The number of benzene rings is 1. The summed E-state index contributed by atoms with van der Waals surface area (Å²) in [5, 5.41) is 13.8. The van der Waals surface area contributed by atoms with E-state index in [9.17, 15) is 5.11 Å². The second-order valence-corrected chi connectivity index (χ2v) is 4.91. The Bertz CT molecular complexity index is 336. The molecule has 1 aromatic carbocycles. The minimum absolute atomic E-state index is 0.0941. The summed E-state index contributed by atoms with van der Waals surface area (Å²) in [6.45, 7) is 3.81. The largest absolute Gasteiger partial charge is 0.387 e. The van der Waals surface area contributed by atoms with Gasteiger partial charge in [0, 0.05) is 19.2 Å². The molecule has 0 amide bonds. The van der Waals surface area contributed by atoms with Crippen molar-refractivity contribution in [2.75, 3.05) is 13.2 Å². The Hall–Kier alpha value is -0.900. The number of nitrogens with one attached hydrogen (secondary N) is 1. The van der Waals surface area contributed by atoms with Crippen LogP contribution in [0.5, 0.6) is 0 Å². The Balaban J connectivity index is 1.87. The van der Waals surface area contributed by atoms with E-state index >= 15 is 0 Å². The Morgan fingerprint density at radius 2 is 2.17 bits per heavy atom. The molecule has 2 rings (SSSR count). The van der Waals surface area contributed by atoms with Gasteiger partial charge in [-0.15, -0.1) is 0 Å². The molecule has 1 aliphatic heterocycles. The van der Waals surface area contributed by atoms with Crippen LogP contribution >= 0.6 is 0 Å². The molecule has 1 saturated heterocycles. The van der Waals surface area contributed by atoms with Gasteiger partial charge in [-0.2, -0.15) is 0 Å². The zero-order chi connectivity index (χ0) is 12.8. The van der Waals surface area contributed by atoms with Gasteiger partial charge in [-0.25, -0.2) is 0 Å². The van der Waals surface area contributed by atoms with Gasteiger partial charge < -0.3 is 15.2 Å². The first-order valence-corrected chi connectivity index (χ1v) is 6.89. The maximum Gasteiger partial charge on any atom is 0.0942 e. The molecule has 3 unspecified atom stereocenters. The fourth-order valence-electron chi connectivity index (χ4n) is 2.45. The van der Waals surface area contributed by atoms with Crippen LogP contribution < -0.4 is 5.32 Å². The third-order valence-electron chi connectivity index (χ3n) is 3.59. The fraction of sp³-hybridized carbons (Fsp3) is 0.600. The maximum absolute atomic E-state index is 10.4. The minimum Gasteiger partial charge on any atom is -0.387 e. The Kier molecular flexibility index (Phi) is 5.17. The van der Waals surface area contributed by atoms with Crippen LogP contribution in [0.3, 0.4) is 0 Å². The van der Waals surface area contributed by atoms with Gasteiger partial charge in [0.2, 0.25) is 0 Å². The normalized spacial score (nSPS) is 22.9. The highest BCUT2D eigenvalue weighted by Gasteiger charge is 2.21. The third kappa shape index (κ3) is 3.55. The number of aliphatic hydroxyl groups is 1. The van der Waals surface area contributed by atoms with Crippen LogP contribution in [0, 0.1) is 0 Å². The zero-order valence-electron chi connectivity index (χ0n) is 11.0. The summed E-state index contributed by atoms with van der Waals surface area (Å²) in [6, 6.07) is 9.94.